The molecule has 1 N–H and O–H groups in total. The average Bonchev–Trinajstić information content (AvgIpc) is 2.30. The van der Waals surface area contributed by atoms with E-state index >= 15 is 0 Å². The number of carboxylic acid groups (broad SMARTS) is 1. The fourth-order valence-corrected chi connectivity index (χ4v) is 0.510. The van der Waals surface area contributed by atoms with E-state index in [4.69, 9.17) is 5.11 Å². The normalized spacial score (nSPS) is 9.67. The van der Waals surface area contributed by atoms with Crippen molar-refractivity contribution in [1.29, 1.82) is 0 Å². The van der Waals surface area contributed by atoms with Crippen molar-refractivity contribution in [2.75, 3.05) is 0 Å². The van der Waals surface area contributed by atoms with Crippen LogP contribution in [0.3, 0.4) is 0 Å². The Labute approximate surface area is 63.3 Å². The zero-order valence-electron chi connectivity index (χ0n) is 5.32. The van der Waals surface area contributed by atoms with Crippen LogP contribution in [0.4, 0.5) is 10.7 Å². The second-order valence-electron chi connectivity index (χ2n) is 1.59. The number of aromatic nitrogens is 4. The Morgan fingerprint density at radius 3 is 2.67 bits per heavy atom. The van der Waals surface area contributed by atoms with Crippen molar-refractivity contribution in [2.45, 2.75) is 0 Å². The van der Waals surface area contributed by atoms with Crippen molar-refractivity contribution < 1.29 is 19.8 Å². The van der Waals surface area contributed by atoms with Crippen LogP contribution in [-0.4, -0.2) is 31.1 Å². The Bertz CT molecular complexity index is 342. The molecule has 0 aliphatic carbocycles. The molecule has 64 valence electrons. The lowest BCUT2D eigenvalue weighted by Gasteiger charge is -1.92. The molecule has 0 radical (unpaired) electrons. The summed E-state index contributed by atoms with van der Waals surface area (Å²) in [6.07, 6.45) is -1.82. The van der Waals surface area contributed by atoms with E-state index < -0.39 is 21.9 Å². The van der Waals surface area contributed by atoms with Gasteiger partial charge in [0.05, 0.1) is 4.68 Å². The Morgan fingerprint density at radius 2 is 2.33 bits per heavy atom. The molecule has 0 spiro atoms. The number of nitrogens with zero attached hydrogens (tertiary/aromatic N) is 5. The summed E-state index contributed by atoms with van der Waals surface area (Å²) in [7, 11) is 0. The number of hydrogen-bond acceptors (Lipinski definition) is 6. The van der Waals surface area contributed by atoms with Crippen LogP contribution in [0.2, 0.25) is 0 Å². The van der Waals surface area contributed by atoms with Crippen LogP contribution >= 0.6 is 0 Å². The molecule has 0 saturated carbocycles. The van der Waals surface area contributed by atoms with Gasteiger partial charge < -0.3 is 20.4 Å². The molecule has 1 aromatic rings. The van der Waals surface area contributed by atoms with Gasteiger partial charge in [0.15, 0.2) is 10.3 Å². The van der Waals surface area contributed by atoms with Crippen LogP contribution < -0.4 is 4.96 Å². The Morgan fingerprint density at radius 1 is 1.75 bits per heavy atom. The largest absolute Gasteiger partial charge is 0.660 e. The lowest BCUT2D eigenvalue weighted by molar-refractivity contribution is -0.743. The highest BCUT2D eigenvalue weighted by atomic mass is 16.6. The van der Waals surface area contributed by atoms with Gasteiger partial charge in [0.25, 0.3) is 0 Å². The highest BCUT2D eigenvalue weighted by Gasteiger charge is 2.30. The summed E-state index contributed by atoms with van der Waals surface area (Å²) in [6.45, 7) is 0. The highest BCUT2D eigenvalue weighted by molar-refractivity contribution is 5.67. The van der Waals surface area contributed by atoms with Gasteiger partial charge >= 0.3 is 12.0 Å². The first-order valence-electron chi connectivity index (χ1n) is 2.47. The molecule has 10 heteroatoms. The molecule has 0 bridgehead atoms. The zero-order chi connectivity index (χ0) is 9.30. The molecule has 0 aliphatic heterocycles. The van der Waals surface area contributed by atoms with E-state index in [1.165, 1.54) is 0 Å². The Kier molecular flexibility index (Phi) is 1.58. The maximum Gasteiger partial charge on any atom is 0.546 e. The van der Waals surface area contributed by atoms with E-state index in [0.717, 1.165) is 0 Å². The van der Waals surface area contributed by atoms with E-state index in [9.17, 15) is 20.1 Å². The van der Waals surface area contributed by atoms with Gasteiger partial charge in [-0.3, -0.25) is 0 Å². The number of rotatable bonds is 1. The summed E-state index contributed by atoms with van der Waals surface area (Å²) < 4.78 is -0.236. The maximum absolute atomic E-state index is 10.4. The third-order valence-corrected chi connectivity index (χ3v) is 0.916. The first-order chi connectivity index (χ1) is 5.54. The molecule has 0 aliphatic rings. The van der Waals surface area contributed by atoms with Crippen LogP contribution in [0.1, 0.15) is 0 Å². The fourth-order valence-electron chi connectivity index (χ4n) is 0.510. The van der Waals surface area contributed by atoms with Crippen LogP contribution in [0.15, 0.2) is 0 Å². The molecule has 0 atom stereocenters. The van der Waals surface area contributed by atoms with E-state index in [0.29, 0.717) is 0 Å². The summed E-state index contributed by atoms with van der Waals surface area (Å²) in [6, 6.07) is 0. The number of hydrogen-bond donors (Lipinski definition) is 1. The highest BCUT2D eigenvalue weighted by Crippen LogP contribution is 1.99. The molecule has 0 saturated heterocycles. The van der Waals surface area contributed by atoms with Gasteiger partial charge in [-0.25, -0.2) is 4.79 Å². The molecule has 12 heavy (non-hydrogen) atoms. The smallest absolute Gasteiger partial charge is 0.546 e. The predicted molar refractivity (Wildman–Crippen MR) is 29.1 cm³/mol. The van der Waals surface area contributed by atoms with Crippen LogP contribution in [0.5, 0.6) is 0 Å². The minimum atomic E-state index is -1.82. The first kappa shape index (κ1) is 7.84. The summed E-state index contributed by atoms with van der Waals surface area (Å²) in [4.78, 5) is 18.5. The monoisotopic (exact) mass is 175 g/mol. The maximum atomic E-state index is 10.4. The summed E-state index contributed by atoms with van der Waals surface area (Å²) in [5.74, 6) is -1.14. The fraction of sp³-hybridized carbons (Fsp3) is 0. The Balaban J connectivity index is 3.31. The van der Waals surface area contributed by atoms with E-state index in [1.807, 2.05) is 0 Å². The molecule has 0 amide bonds. The topological polar surface area (TPSA) is 138 Å². The number of tetrazole rings is 1. The summed E-state index contributed by atoms with van der Waals surface area (Å²) in [5.41, 5.74) is 0. The minimum Gasteiger partial charge on any atom is -0.660 e. The lowest BCUT2D eigenvalue weighted by atomic mass is 11.0. The second kappa shape index (κ2) is 2.41. The van der Waals surface area contributed by atoms with E-state index in [1.54, 1.807) is 0 Å². The third-order valence-electron chi connectivity index (χ3n) is 0.916. The number of carbonyl (C=O) groups is 1. The standard InChI is InChI=1S/C2HN5O5/c8-2(9)5-1(6(10)11)3-4-7(5)12/h(H,8,9). The molecular formula is C2HN5O5. The Hall–Kier alpha value is -2.26. The van der Waals surface area contributed by atoms with Crippen molar-refractivity contribution in [3.63, 3.8) is 0 Å². The SMILES string of the molecule is O=C(O)n1c([N+](=O)[O-])nn[n+]1[O-]. The van der Waals surface area contributed by atoms with Gasteiger partial charge in [-0.2, -0.15) is 0 Å². The van der Waals surface area contributed by atoms with Crippen molar-refractivity contribution in [3.05, 3.63) is 15.3 Å². The molecule has 0 unspecified atom stereocenters. The van der Waals surface area contributed by atoms with Crippen LogP contribution in [0, 0.1) is 15.3 Å². The predicted octanol–water partition coefficient (Wildman–Crippen LogP) is -1.65. The van der Waals surface area contributed by atoms with Gasteiger partial charge in [-0.1, -0.05) is 0 Å². The molecule has 0 aromatic carbocycles. The number of nitro groups is 1. The van der Waals surface area contributed by atoms with E-state index in [2.05, 4.69) is 10.3 Å². The quantitative estimate of drug-likeness (QED) is 0.177. The second-order valence-corrected chi connectivity index (χ2v) is 1.59. The van der Waals surface area contributed by atoms with Gasteiger partial charge in [0.1, 0.15) is 0 Å². The van der Waals surface area contributed by atoms with Crippen LogP contribution in [0.25, 0.3) is 0 Å². The molecule has 1 rings (SSSR count). The van der Waals surface area contributed by atoms with Crippen molar-refractivity contribution >= 4 is 12.0 Å². The molecule has 10 nitrogen and oxygen atoms in total. The summed E-state index contributed by atoms with van der Waals surface area (Å²) >= 11 is 0. The minimum absolute atomic E-state index is 0.236. The zero-order valence-corrected chi connectivity index (χ0v) is 5.32. The molecule has 0 fully saturated rings. The van der Waals surface area contributed by atoms with Crippen LogP contribution in [-0.2, 0) is 0 Å². The van der Waals surface area contributed by atoms with Gasteiger partial charge in [-0.15, -0.1) is 0 Å². The van der Waals surface area contributed by atoms with Crippen molar-refractivity contribution in [2.24, 2.45) is 0 Å². The first-order valence-corrected chi connectivity index (χ1v) is 2.47. The van der Waals surface area contributed by atoms with Crippen molar-refractivity contribution in [1.82, 2.24) is 15.0 Å². The van der Waals surface area contributed by atoms with Gasteiger partial charge in [0, 0.05) is 4.96 Å². The average molecular weight is 175 g/mol. The third kappa shape index (κ3) is 1.00. The molecule has 1 heterocycles. The van der Waals surface area contributed by atoms with Crippen molar-refractivity contribution in [3.8, 4) is 0 Å². The van der Waals surface area contributed by atoms with E-state index in [-0.39, 0.29) is 4.68 Å². The molecule has 1 aromatic heterocycles. The summed E-state index contributed by atoms with van der Waals surface area (Å²) in [5, 5.41) is 34.0. The lowest BCUT2D eigenvalue weighted by Crippen LogP contribution is -2.43. The van der Waals surface area contributed by atoms with Gasteiger partial charge in [-0.05, 0) is 4.92 Å². The molecular weight excluding hydrogens is 174 g/mol. The van der Waals surface area contributed by atoms with Gasteiger partial charge in [0.2, 0.25) is 0 Å².